The van der Waals surface area contributed by atoms with Crippen molar-refractivity contribution in [2.75, 3.05) is 0 Å². The van der Waals surface area contributed by atoms with Crippen molar-refractivity contribution in [3.8, 4) is 22.6 Å². The molecule has 5 aromatic carbocycles. The van der Waals surface area contributed by atoms with Crippen molar-refractivity contribution in [1.29, 1.82) is 0 Å². The van der Waals surface area contributed by atoms with E-state index in [2.05, 4.69) is 107 Å². The van der Waals surface area contributed by atoms with Gasteiger partial charge in [0.15, 0.2) is 0 Å². The molecule has 50 heavy (non-hydrogen) atoms. The SMILES string of the molecule is C[Si](C)(C)c1ccccc1-[n+]1[c-]n(-c2[c-]cccc2)c2ccccc21.[2H]C([2H])([2H])c1cc(-c2[c-]ccc3c2oc2ccccc23)ncc1C(C)(C)C.[Ir+3]. The van der Waals surface area contributed by atoms with Crippen LogP contribution in [0.4, 0.5) is 0 Å². The number of pyridine rings is 1. The molecule has 0 fully saturated rings. The van der Waals surface area contributed by atoms with Gasteiger partial charge in [0.25, 0.3) is 6.33 Å². The van der Waals surface area contributed by atoms with E-state index in [1.807, 2.05) is 75.4 Å². The summed E-state index contributed by atoms with van der Waals surface area (Å²) in [6.07, 6.45) is 5.23. The minimum absolute atomic E-state index is 0. The van der Waals surface area contributed by atoms with E-state index >= 15 is 0 Å². The van der Waals surface area contributed by atoms with Gasteiger partial charge in [0.05, 0.1) is 30.4 Å². The molecule has 0 N–H and O–H groups in total. The monoisotopic (exact) mass is 851 g/mol. The van der Waals surface area contributed by atoms with Gasteiger partial charge >= 0.3 is 20.1 Å². The predicted octanol–water partition coefficient (Wildman–Crippen LogP) is 10.1. The zero-order valence-electron chi connectivity index (χ0n) is 32.1. The van der Waals surface area contributed by atoms with Gasteiger partial charge < -0.3 is 14.0 Å². The summed E-state index contributed by atoms with van der Waals surface area (Å²) in [5.74, 6) is 0. The molecule has 0 unspecified atom stereocenters. The Labute approximate surface area is 314 Å². The van der Waals surface area contributed by atoms with Crippen LogP contribution in [0.1, 0.15) is 36.0 Å². The minimum Gasteiger partial charge on any atom is -0.501 e. The zero-order chi connectivity index (χ0) is 36.8. The molecule has 8 aromatic rings. The van der Waals surface area contributed by atoms with Crippen molar-refractivity contribution in [3.63, 3.8) is 0 Å². The summed E-state index contributed by atoms with van der Waals surface area (Å²) in [4.78, 5) is 4.57. The number of hydrogen-bond donors (Lipinski definition) is 0. The normalized spacial score (nSPS) is 12.9. The number of aryl methyl sites for hydroxylation is 1. The number of nitrogens with zero attached hydrogens (tertiary/aromatic N) is 3. The van der Waals surface area contributed by atoms with Crippen molar-refractivity contribution >= 4 is 46.2 Å². The van der Waals surface area contributed by atoms with Crippen LogP contribution in [0.25, 0.3) is 55.6 Å². The smallest absolute Gasteiger partial charge is 0.501 e. The number of hydrogen-bond acceptors (Lipinski definition) is 2. The van der Waals surface area contributed by atoms with Crippen molar-refractivity contribution in [3.05, 3.63) is 151 Å². The average Bonchev–Trinajstić information content (AvgIpc) is 3.70. The zero-order valence-corrected chi connectivity index (χ0v) is 32.5. The Morgan fingerprint density at radius 3 is 2.32 bits per heavy atom. The summed E-state index contributed by atoms with van der Waals surface area (Å²) in [5, 5.41) is 3.43. The number of imidazole rings is 1. The molecule has 0 saturated carbocycles. The van der Waals surface area contributed by atoms with Crippen LogP contribution in [-0.2, 0) is 25.5 Å². The first kappa shape index (κ1) is 31.4. The van der Waals surface area contributed by atoms with Crippen LogP contribution in [0.5, 0.6) is 0 Å². The molecule has 3 aromatic heterocycles. The van der Waals surface area contributed by atoms with Crippen molar-refractivity contribution in [2.45, 2.75) is 52.7 Å². The summed E-state index contributed by atoms with van der Waals surface area (Å²) >= 11 is 0. The summed E-state index contributed by atoms with van der Waals surface area (Å²) in [7, 11) is -1.48. The van der Waals surface area contributed by atoms with E-state index in [9.17, 15) is 0 Å². The van der Waals surface area contributed by atoms with E-state index in [1.54, 1.807) is 12.3 Å². The standard InChI is InChI=1S/C22H21N2Si.C22H20NO.Ir/c1-25(2,3)22-16-10-9-15-21(22)24-17-23(18-11-5-4-6-12-18)19-13-7-8-14-20(19)24;1-14-12-19(23-13-18(14)22(2,3)4)17-10-7-9-16-15-8-5-6-11-20(15)24-21(16)17;/h4-11,13-16H,1-3H3;5-9,11-13H,1-4H3;/q2*-1;+3/i;1D3;. The van der Waals surface area contributed by atoms with Crippen molar-refractivity contribution in [2.24, 2.45) is 0 Å². The maximum atomic E-state index is 7.98. The first-order valence-electron chi connectivity index (χ1n) is 18.1. The molecule has 0 amide bonds. The Bertz CT molecular complexity index is 2540. The molecule has 6 heteroatoms. The number of para-hydroxylation sites is 5. The minimum atomic E-state index is -2.22. The number of furan rings is 1. The van der Waals surface area contributed by atoms with Gasteiger partial charge in [-0.2, -0.15) is 30.3 Å². The maximum absolute atomic E-state index is 7.98. The van der Waals surface area contributed by atoms with E-state index < -0.39 is 14.9 Å². The molecule has 0 aliphatic heterocycles. The van der Waals surface area contributed by atoms with Gasteiger partial charge in [0.2, 0.25) is 0 Å². The van der Waals surface area contributed by atoms with Crippen molar-refractivity contribution in [1.82, 2.24) is 9.55 Å². The molecular weight excluding hydrogens is 807 g/mol. The number of rotatable bonds is 4. The summed E-state index contributed by atoms with van der Waals surface area (Å²) in [6, 6.07) is 45.0. The van der Waals surface area contributed by atoms with Gasteiger partial charge in [0, 0.05) is 15.7 Å². The quantitative estimate of drug-likeness (QED) is 0.100. The third-order valence-corrected chi connectivity index (χ3v) is 10.8. The molecular formula is C44H41IrN3OSi+. The summed E-state index contributed by atoms with van der Waals surface area (Å²) in [6.45, 7) is 10.9. The second-order valence-corrected chi connectivity index (χ2v) is 19.4. The van der Waals surface area contributed by atoms with Crippen LogP contribution in [-0.4, -0.2) is 17.6 Å². The molecule has 0 aliphatic carbocycles. The van der Waals surface area contributed by atoms with Crippen LogP contribution in [0.15, 0.2) is 126 Å². The van der Waals surface area contributed by atoms with E-state index in [0.717, 1.165) is 38.6 Å². The van der Waals surface area contributed by atoms with Gasteiger partial charge in [-0.3, -0.25) is 4.57 Å². The second kappa shape index (κ2) is 14.0. The first-order chi connectivity index (χ1) is 24.7. The fourth-order valence-electron chi connectivity index (χ4n) is 6.31. The molecule has 0 aliphatic rings. The Morgan fingerprint density at radius 1 is 0.820 bits per heavy atom. The van der Waals surface area contributed by atoms with Crippen LogP contribution < -0.4 is 9.75 Å². The van der Waals surface area contributed by atoms with Gasteiger partial charge in [-0.1, -0.05) is 124 Å². The van der Waals surface area contributed by atoms with Gasteiger partial charge in [-0.25, -0.2) is 0 Å². The topological polar surface area (TPSA) is 34.8 Å². The molecule has 0 radical (unpaired) electrons. The maximum Gasteiger partial charge on any atom is 3.00 e. The fourth-order valence-corrected chi connectivity index (χ4v) is 7.87. The third-order valence-electron chi connectivity index (χ3n) is 8.76. The Morgan fingerprint density at radius 2 is 1.56 bits per heavy atom. The molecule has 0 bridgehead atoms. The molecule has 8 rings (SSSR count). The molecule has 0 spiro atoms. The number of benzene rings is 5. The van der Waals surface area contributed by atoms with Gasteiger partial charge in [-0.15, -0.1) is 18.2 Å². The third kappa shape index (κ3) is 6.76. The predicted molar refractivity (Wildman–Crippen MR) is 205 cm³/mol. The molecule has 4 nitrogen and oxygen atoms in total. The van der Waals surface area contributed by atoms with Crippen LogP contribution in [0, 0.1) is 25.3 Å². The summed E-state index contributed by atoms with van der Waals surface area (Å²) < 4.78 is 34.3. The fraction of sp³-hybridized carbons (Fsp3) is 0.182. The van der Waals surface area contributed by atoms with Crippen molar-refractivity contribution < 1.29 is 33.2 Å². The Balaban J connectivity index is 0.000000178. The van der Waals surface area contributed by atoms with Gasteiger partial charge in [-0.05, 0) is 46.5 Å². The number of fused-ring (bicyclic) bond motifs is 4. The molecule has 250 valence electrons. The largest absolute Gasteiger partial charge is 3.00 e. The molecule has 0 saturated heterocycles. The first-order valence-corrected chi connectivity index (χ1v) is 20.1. The van der Waals surface area contributed by atoms with Crippen LogP contribution in [0.2, 0.25) is 19.6 Å². The second-order valence-electron chi connectivity index (χ2n) is 14.3. The average molecular weight is 851 g/mol. The van der Waals surface area contributed by atoms with E-state index in [0.29, 0.717) is 22.4 Å². The van der Waals surface area contributed by atoms with E-state index in [4.69, 9.17) is 8.53 Å². The molecule has 3 heterocycles. The number of aromatic nitrogens is 3. The molecule has 0 atom stereocenters. The Kier molecular flexibility index (Phi) is 8.75. The van der Waals surface area contributed by atoms with Crippen LogP contribution in [0.3, 0.4) is 0 Å². The van der Waals surface area contributed by atoms with E-state index in [1.165, 1.54) is 10.9 Å². The van der Waals surface area contributed by atoms with E-state index in [-0.39, 0.29) is 25.5 Å². The Hall–Kier alpha value is -4.61. The van der Waals surface area contributed by atoms with Gasteiger partial charge in [0.1, 0.15) is 5.58 Å². The summed E-state index contributed by atoms with van der Waals surface area (Å²) in [5.41, 5.74) is 7.95. The van der Waals surface area contributed by atoms with Crippen LogP contribution >= 0.6 is 0 Å².